The smallest absolute Gasteiger partial charge is 0.335 e. The van der Waals surface area contributed by atoms with Crippen molar-refractivity contribution in [2.24, 2.45) is 5.14 Å². The number of hydrogen-bond donors (Lipinski definition) is 2. The summed E-state index contributed by atoms with van der Waals surface area (Å²) in [4.78, 5) is 15.1. The number of likely N-dealkylation sites (N-methyl/N-ethyl adjacent to an activating group) is 1. The van der Waals surface area contributed by atoms with Gasteiger partial charge in [-0.1, -0.05) is 0 Å². The van der Waals surface area contributed by atoms with E-state index < -0.39 is 16.0 Å². The zero-order valence-corrected chi connectivity index (χ0v) is 12.9. The maximum absolute atomic E-state index is 11.8. The Labute approximate surface area is 124 Å². The van der Waals surface area contributed by atoms with Crippen molar-refractivity contribution in [1.29, 1.82) is 0 Å². The van der Waals surface area contributed by atoms with E-state index in [1.54, 1.807) is 13.0 Å². The Morgan fingerprint density at radius 2 is 1.81 bits per heavy atom. The van der Waals surface area contributed by atoms with Gasteiger partial charge in [0.15, 0.2) is 0 Å². The number of carbonyl (C=O) groups is 1. The summed E-state index contributed by atoms with van der Waals surface area (Å²) in [6.45, 7) is 4.61. The number of carboxylic acids is 1. The van der Waals surface area contributed by atoms with Gasteiger partial charge in [-0.05, 0) is 31.7 Å². The molecule has 0 bridgehead atoms. The Balaban J connectivity index is 2.54. The number of sulfonamides is 1. The van der Waals surface area contributed by atoms with Crippen LogP contribution in [0.2, 0.25) is 0 Å². The van der Waals surface area contributed by atoms with Gasteiger partial charge in [-0.3, -0.25) is 0 Å². The molecule has 0 aromatic heterocycles. The molecule has 1 aromatic carbocycles. The summed E-state index contributed by atoms with van der Waals surface area (Å²) < 4.78 is 23.6. The topological polar surface area (TPSA) is 104 Å². The molecule has 1 saturated heterocycles. The lowest BCUT2D eigenvalue weighted by atomic mass is 10.1. The Kier molecular flexibility index (Phi) is 4.22. The molecule has 1 aliphatic rings. The first-order valence-corrected chi connectivity index (χ1v) is 8.09. The standard InChI is InChI=1S/C13H19N3O4S/c1-9-7-11(16-5-3-15(2)4-6-16)12(21(14,19)20)8-10(9)13(17)18/h7-8H,3-6H2,1-2H3,(H,17,18)(H2,14,19,20). The number of benzene rings is 1. The number of aromatic carboxylic acids is 1. The van der Waals surface area contributed by atoms with Crippen LogP contribution in [0.15, 0.2) is 17.0 Å². The van der Waals surface area contributed by atoms with Gasteiger partial charge in [0.05, 0.1) is 11.3 Å². The van der Waals surface area contributed by atoms with Crippen molar-refractivity contribution in [3.8, 4) is 0 Å². The van der Waals surface area contributed by atoms with E-state index in [9.17, 15) is 13.2 Å². The monoisotopic (exact) mass is 313 g/mol. The summed E-state index contributed by atoms with van der Waals surface area (Å²) in [5.41, 5.74) is 0.953. The Bertz CT molecular complexity index is 664. The highest BCUT2D eigenvalue weighted by Crippen LogP contribution is 2.29. The highest BCUT2D eigenvalue weighted by atomic mass is 32.2. The van der Waals surface area contributed by atoms with E-state index in [4.69, 9.17) is 10.2 Å². The fraction of sp³-hybridized carbons (Fsp3) is 0.462. The van der Waals surface area contributed by atoms with Crippen LogP contribution in [0.3, 0.4) is 0 Å². The normalized spacial score (nSPS) is 17.0. The number of anilines is 1. The Hall–Kier alpha value is -1.64. The maximum Gasteiger partial charge on any atom is 0.335 e. The predicted molar refractivity (Wildman–Crippen MR) is 79.2 cm³/mol. The molecule has 3 N–H and O–H groups in total. The third kappa shape index (κ3) is 3.34. The van der Waals surface area contributed by atoms with Crippen LogP contribution >= 0.6 is 0 Å². The molecule has 21 heavy (non-hydrogen) atoms. The predicted octanol–water partition coefficient (Wildman–Crippen LogP) is 0.0924. The van der Waals surface area contributed by atoms with Crippen LogP contribution in [-0.2, 0) is 10.0 Å². The summed E-state index contributed by atoms with van der Waals surface area (Å²) in [5, 5.41) is 14.4. The van der Waals surface area contributed by atoms with E-state index in [-0.39, 0.29) is 10.5 Å². The number of aryl methyl sites for hydroxylation is 1. The van der Waals surface area contributed by atoms with Crippen LogP contribution < -0.4 is 10.0 Å². The minimum atomic E-state index is -3.99. The summed E-state index contributed by atoms with van der Waals surface area (Å²) in [5.74, 6) is -1.16. The van der Waals surface area contributed by atoms with E-state index in [2.05, 4.69) is 4.90 Å². The number of primary sulfonamides is 1. The molecule has 8 heteroatoms. The van der Waals surface area contributed by atoms with Gasteiger partial charge in [0.1, 0.15) is 4.90 Å². The quantitative estimate of drug-likeness (QED) is 0.820. The third-order valence-electron chi connectivity index (χ3n) is 3.69. The first-order valence-electron chi connectivity index (χ1n) is 6.54. The average molecular weight is 313 g/mol. The number of nitrogens with two attached hydrogens (primary N) is 1. The van der Waals surface area contributed by atoms with Crippen LogP contribution in [-0.4, -0.2) is 57.6 Å². The number of piperazine rings is 1. The lowest BCUT2D eigenvalue weighted by Gasteiger charge is -2.35. The molecule has 0 aliphatic carbocycles. The highest BCUT2D eigenvalue weighted by molar-refractivity contribution is 7.89. The first kappa shape index (κ1) is 15.7. The molecule has 0 saturated carbocycles. The summed E-state index contributed by atoms with van der Waals surface area (Å²) in [7, 11) is -1.99. The number of rotatable bonds is 3. The molecule has 1 heterocycles. The van der Waals surface area contributed by atoms with Gasteiger partial charge < -0.3 is 14.9 Å². The van der Waals surface area contributed by atoms with Gasteiger partial charge in [-0.25, -0.2) is 18.4 Å². The Morgan fingerprint density at radius 1 is 1.24 bits per heavy atom. The molecule has 0 unspecified atom stereocenters. The molecular formula is C13H19N3O4S. The second-order valence-corrected chi connectivity index (χ2v) is 6.81. The molecular weight excluding hydrogens is 294 g/mol. The van der Waals surface area contributed by atoms with Crippen molar-refractivity contribution in [3.63, 3.8) is 0 Å². The SMILES string of the molecule is Cc1cc(N2CCN(C)CC2)c(S(N)(=O)=O)cc1C(=O)O. The van der Waals surface area contributed by atoms with Crippen LogP contribution in [0.25, 0.3) is 0 Å². The summed E-state index contributed by atoms with van der Waals surface area (Å²) >= 11 is 0. The van der Waals surface area contributed by atoms with Gasteiger partial charge in [-0.2, -0.15) is 0 Å². The van der Waals surface area contributed by atoms with Crippen molar-refractivity contribution in [2.45, 2.75) is 11.8 Å². The molecule has 7 nitrogen and oxygen atoms in total. The molecule has 1 aliphatic heterocycles. The van der Waals surface area contributed by atoms with E-state index in [0.717, 1.165) is 19.2 Å². The zero-order chi connectivity index (χ0) is 15.8. The van der Waals surface area contributed by atoms with Gasteiger partial charge >= 0.3 is 5.97 Å². The van der Waals surface area contributed by atoms with Crippen molar-refractivity contribution < 1.29 is 18.3 Å². The lowest BCUT2D eigenvalue weighted by molar-refractivity contribution is 0.0696. The number of nitrogens with zero attached hydrogens (tertiary/aromatic N) is 2. The van der Waals surface area contributed by atoms with E-state index in [1.807, 2.05) is 11.9 Å². The second kappa shape index (κ2) is 5.63. The first-order chi connectivity index (χ1) is 9.70. The molecule has 0 radical (unpaired) electrons. The fourth-order valence-electron chi connectivity index (χ4n) is 2.43. The third-order valence-corrected chi connectivity index (χ3v) is 4.63. The van der Waals surface area contributed by atoms with Gasteiger partial charge in [0.25, 0.3) is 0 Å². The molecule has 0 atom stereocenters. The molecule has 2 rings (SSSR count). The van der Waals surface area contributed by atoms with Crippen molar-refractivity contribution in [2.75, 3.05) is 38.1 Å². The van der Waals surface area contributed by atoms with Crippen LogP contribution in [0.4, 0.5) is 5.69 Å². The minimum absolute atomic E-state index is 0.0445. The number of hydrogen-bond acceptors (Lipinski definition) is 5. The van der Waals surface area contributed by atoms with Crippen LogP contribution in [0, 0.1) is 6.92 Å². The number of carboxylic acid groups (broad SMARTS) is 1. The molecule has 1 fully saturated rings. The van der Waals surface area contributed by atoms with E-state index >= 15 is 0 Å². The maximum atomic E-state index is 11.8. The zero-order valence-electron chi connectivity index (χ0n) is 12.0. The minimum Gasteiger partial charge on any atom is -0.478 e. The van der Waals surface area contributed by atoms with E-state index in [1.165, 1.54) is 0 Å². The van der Waals surface area contributed by atoms with Crippen LogP contribution in [0.1, 0.15) is 15.9 Å². The molecule has 1 aromatic rings. The van der Waals surface area contributed by atoms with Crippen molar-refractivity contribution in [1.82, 2.24) is 4.90 Å². The van der Waals surface area contributed by atoms with Gasteiger partial charge in [-0.15, -0.1) is 0 Å². The van der Waals surface area contributed by atoms with Gasteiger partial charge in [0.2, 0.25) is 10.0 Å². The summed E-state index contributed by atoms with van der Waals surface area (Å²) in [6.07, 6.45) is 0. The van der Waals surface area contributed by atoms with Gasteiger partial charge in [0, 0.05) is 26.2 Å². The molecule has 0 spiro atoms. The lowest BCUT2D eigenvalue weighted by Crippen LogP contribution is -2.45. The van der Waals surface area contributed by atoms with Crippen molar-refractivity contribution >= 4 is 21.7 Å². The fourth-order valence-corrected chi connectivity index (χ4v) is 3.19. The second-order valence-electron chi connectivity index (χ2n) is 5.28. The molecule has 0 amide bonds. The van der Waals surface area contributed by atoms with Crippen molar-refractivity contribution in [3.05, 3.63) is 23.3 Å². The molecule has 116 valence electrons. The highest BCUT2D eigenvalue weighted by Gasteiger charge is 2.24. The van der Waals surface area contributed by atoms with Crippen LogP contribution in [0.5, 0.6) is 0 Å². The Morgan fingerprint density at radius 3 is 2.29 bits per heavy atom. The van der Waals surface area contributed by atoms with E-state index in [0.29, 0.717) is 24.3 Å². The average Bonchev–Trinajstić information content (AvgIpc) is 2.37. The summed E-state index contributed by atoms with van der Waals surface area (Å²) in [6, 6.07) is 2.75. The largest absolute Gasteiger partial charge is 0.478 e.